The molecule has 4 nitrogen and oxygen atoms in total. The maximum Gasteiger partial charge on any atom is 0.338 e. The molecule has 1 fully saturated rings. The third kappa shape index (κ3) is 4.74. The Morgan fingerprint density at radius 2 is 1.90 bits per heavy atom. The zero-order valence-corrected chi connectivity index (χ0v) is 13.1. The van der Waals surface area contributed by atoms with Crippen molar-refractivity contribution in [2.45, 2.75) is 39.2 Å². The number of nitrogens with one attached hydrogen (secondary N) is 1. The summed E-state index contributed by atoms with van der Waals surface area (Å²) in [6, 6.07) is 8.14. The number of carbonyl (C=O) groups is 1. The van der Waals surface area contributed by atoms with Crippen molar-refractivity contribution in [2.24, 2.45) is 0 Å². The van der Waals surface area contributed by atoms with E-state index < -0.39 is 0 Å². The van der Waals surface area contributed by atoms with Gasteiger partial charge in [-0.3, -0.25) is 0 Å². The number of nitrogens with zero attached hydrogens (tertiary/aromatic N) is 1. The Bertz CT molecular complexity index is 437. The molecule has 1 N–H and O–H groups in total. The van der Waals surface area contributed by atoms with E-state index in [1.54, 1.807) is 0 Å². The molecule has 116 valence electrons. The quantitative estimate of drug-likeness (QED) is 0.817. The van der Waals surface area contributed by atoms with Crippen LogP contribution in [0.2, 0.25) is 0 Å². The molecular weight excluding hydrogens is 264 g/mol. The van der Waals surface area contributed by atoms with E-state index in [9.17, 15) is 4.79 Å². The molecule has 0 amide bonds. The van der Waals surface area contributed by atoms with E-state index in [0.717, 1.165) is 31.7 Å². The van der Waals surface area contributed by atoms with Crippen molar-refractivity contribution >= 4 is 11.7 Å². The zero-order chi connectivity index (χ0) is 15.1. The molecule has 0 bridgehead atoms. The van der Waals surface area contributed by atoms with Gasteiger partial charge in [-0.1, -0.05) is 13.8 Å². The van der Waals surface area contributed by atoms with Gasteiger partial charge in [0.25, 0.3) is 0 Å². The van der Waals surface area contributed by atoms with Crippen LogP contribution in [-0.2, 0) is 4.74 Å². The molecule has 0 spiro atoms. The maximum absolute atomic E-state index is 11.7. The van der Waals surface area contributed by atoms with Crippen molar-refractivity contribution in [3.8, 4) is 0 Å². The first-order chi connectivity index (χ1) is 10.2. The number of anilines is 1. The standard InChI is InChI=1S/C17H26N2O2/c1-3-13-21-17(20)14-5-7-15(8-6-14)18-16-9-11-19(4-2)12-10-16/h5-8,16,18H,3-4,9-13H2,1-2H3. The van der Waals surface area contributed by atoms with Crippen molar-refractivity contribution < 1.29 is 9.53 Å². The Morgan fingerprint density at radius 1 is 1.24 bits per heavy atom. The predicted molar refractivity (Wildman–Crippen MR) is 85.8 cm³/mol. The number of piperidine rings is 1. The lowest BCUT2D eigenvalue weighted by Crippen LogP contribution is -2.38. The SMILES string of the molecule is CCCOC(=O)c1ccc(NC2CCN(CC)CC2)cc1. The molecular formula is C17H26N2O2. The molecule has 0 saturated carbocycles. The van der Waals surface area contributed by atoms with E-state index in [-0.39, 0.29) is 5.97 Å². The van der Waals surface area contributed by atoms with Gasteiger partial charge in [-0.05, 0) is 50.1 Å². The van der Waals surface area contributed by atoms with Crippen LogP contribution in [-0.4, -0.2) is 43.2 Å². The third-order valence-corrected chi connectivity index (χ3v) is 3.96. The van der Waals surface area contributed by atoms with Crippen LogP contribution in [0.1, 0.15) is 43.5 Å². The van der Waals surface area contributed by atoms with Gasteiger partial charge in [0.05, 0.1) is 12.2 Å². The van der Waals surface area contributed by atoms with E-state index >= 15 is 0 Å². The smallest absolute Gasteiger partial charge is 0.338 e. The summed E-state index contributed by atoms with van der Waals surface area (Å²) < 4.78 is 5.13. The van der Waals surface area contributed by atoms with Crippen LogP contribution in [0.3, 0.4) is 0 Å². The number of likely N-dealkylation sites (tertiary alicyclic amines) is 1. The Labute approximate surface area is 127 Å². The molecule has 1 aromatic carbocycles. The van der Waals surface area contributed by atoms with Gasteiger partial charge >= 0.3 is 5.97 Å². The van der Waals surface area contributed by atoms with Gasteiger partial charge in [0, 0.05) is 24.8 Å². The second-order valence-corrected chi connectivity index (χ2v) is 5.57. The van der Waals surface area contributed by atoms with Crippen LogP contribution >= 0.6 is 0 Å². The van der Waals surface area contributed by atoms with Gasteiger partial charge in [-0.15, -0.1) is 0 Å². The lowest BCUT2D eigenvalue weighted by Gasteiger charge is -2.32. The van der Waals surface area contributed by atoms with Gasteiger partial charge in [0.1, 0.15) is 0 Å². The minimum Gasteiger partial charge on any atom is -0.462 e. The van der Waals surface area contributed by atoms with Crippen molar-refractivity contribution in [1.29, 1.82) is 0 Å². The number of hydrogen-bond donors (Lipinski definition) is 1. The minimum absolute atomic E-state index is 0.236. The Balaban J connectivity index is 1.84. The summed E-state index contributed by atoms with van der Waals surface area (Å²) in [5.74, 6) is -0.236. The second-order valence-electron chi connectivity index (χ2n) is 5.57. The van der Waals surface area contributed by atoms with Crippen molar-refractivity contribution in [1.82, 2.24) is 4.90 Å². The summed E-state index contributed by atoms with van der Waals surface area (Å²) in [5, 5.41) is 3.56. The number of benzene rings is 1. The fraction of sp³-hybridized carbons (Fsp3) is 0.588. The molecule has 1 aliphatic heterocycles. The highest BCUT2D eigenvalue weighted by Crippen LogP contribution is 2.17. The highest BCUT2D eigenvalue weighted by atomic mass is 16.5. The third-order valence-electron chi connectivity index (χ3n) is 3.96. The topological polar surface area (TPSA) is 41.6 Å². The predicted octanol–water partition coefficient (Wildman–Crippen LogP) is 3.15. The van der Waals surface area contributed by atoms with Gasteiger partial charge in [-0.25, -0.2) is 4.79 Å². The number of esters is 1. The van der Waals surface area contributed by atoms with E-state index in [1.165, 1.54) is 12.8 Å². The molecule has 1 aliphatic rings. The first-order valence-electron chi connectivity index (χ1n) is 7.99. The van der Waals surface area contributed by atoms with Crippen LogP contribution < -0.4 is 5.32 Å². The fourth-order valence-corrected chi connectivity index (χ4v) is 2.61. The molecule has 1 heterocycles. The first kappa shape index (κ1) is 15.8. The lowest BCUT2D eigenvalue weighted by atomic mass is 10.0. The molecule has 0 radical (unpaired) electrons. The Kier molecular flexibility index (Phi) is 6.05. The molecule has 1 aromatic rings. The highest BCUT2D eigenvalue weighted by Gasteiger charge is 2.17. The van der Waals surface area contributed by atoms with Crippen LogP contribution in [0.4, 0.5) is 5.69 Å². The minimum atomic E-state index is -0.236. The van der Waals surface area contributed by atoms with E-state index in [4.69, 9.17) is 4.74 Å². The van der Waals surface area contributed by atoms with Crippen molar-refractivity contribution in [3.05, 3.63) is 29.8 Å². The maximum atomic E-state index is 11.7. The van der Waals surface area contributed by atoms with Gasteiger partial charge in [0.15, 0.2) is 0 Å². The largest absolute Gasteiger partial charge is 0.462 e. The van der Waals surface area contributed by atoms with E-state index in [0.29, 0.717) is 18.2 Å². The molecule has 1 saturated heterocycles. The summed E-state index contributed by atoms with van der Waals surface area (Å²) in [4.78, 5) is 14.2. The number of carbonyl (C=O) groups excluding carboxylic acids is 1. The molecule has 4 heteroatoms. The van der Waals surface area contributed by atoms with Gasteiger partial charge in [0.2, 0.25) is 0 Å². The number of ether oxygens (including phenoxy) is 1. The van der Waals surface area contributed by atoms with Crippen LogP contribution in [0.5, 0.6) is 0 Å². The van der Waals surface area contributed by atoms with Gasteiger partial charge < -0.3 is 15.0 Å². The Morgan fingerprint density at radius 3 is 2.48 bits per heavy atom. The number of rotatable bonds is 6. The summed E-state index contributed by atoms with van der Waals surface area (Å²) >= 11 is 0. The molecule has 0 aliphatic carbocycles. The van der Waals surface area contributed by atoms with Crippen LogP contribution in [0.15, 0.2) is 24.3 Å². The number of hydrogen-bond acceptors (Lipinski definition) is 4. The molecule has 21 heavy (non-hydrogen) atoms. The summed E-state index contributed by atoms with van der Waals surface area (Å²) in [6.07, 6.45) is 3.20. The molecule has 0 aromatic heterocycles. The van der Waals surface area contributed by atoms with E-state index in [1.807, 2.05) is 31.2 Å². The van der Waals surface area contributed by atoms with E-state index in [2.05, 4.69) is 17.1 Å². The lowest BCUT2D eigenvalue weighted by molar-refractivity contribution is 0.0505. The molecule has 0 unspecified atom stereocenters. The normalized spacial score (nSPS) is 16.7. The summed E-state index contributed by atoms with van der Waals surface area (Å²) in [6.45, 7) is 8.15. The van der Waals surface area contributed by atoms with Crippen molar-refractivity contribution in [2.75, 3.05) is 31.6 Å². The first-order valence-corrected chi connectivity index (χ1v) is 7.99. The van der Waals surface area contributed by atoms with Crippen LogP contribution in [0, 0.1) is 0 Å². The molecule has 2 rings (SSSR count). The monoisotopic (exact) mass is 290 g/mol. The van der Waals surface area contributed by atoms with Gasteiger partial charge in [-0.2, -0.15) is 0 Å². The average molecular weight is 290 g/mol. The summed E-state index contributed by atoms with van der Waals surface area (Å²) in [5.41, 5.74) is 1.70. The second kappa shape index (κ2) is 8.03. The molecule has 0 atom stereocenters. The van der Waals surface area contributed by atoms with Crippen molar-refractivity contribution in [3.63, 3.8) is 0 Å². The fourth-order valence-electron chi connectivity index (χ4n) is 2.61. The van der Waals surface area contributed by atoms with Crippen LogP contribution in [0.25, 0.3) is 0 Å². The summed E-state index contributed by atoms with van der Waals surface area (Å²) in [7, 11) is 0. The zero-order valence-electron chi connectivity index (χ0n) is 13.1. The highest BCUT2D eigenvalue weighted by molar-refractivity contribution is 5.89. The Hall–Kier alpha value is -1.55. The average Bonchev–Trinajstić information content (AvgIpc) is 2.54.